The predicted molar refractivity (Wildman–Crippen MR) is 38.0 cm³/mol. The van der Waals surface area contributed by atoms with Crippen molar-refractivity contribution < 1.29 is 30.7 Å². The van der Waals surface area contributed by atoms with E-state index in [1.54, 1.807) is 0 Å². The minimum Gasteiger partial charge on any atom is -0.254 e. The summed E-state index contributed by atoms with van der Waals surface area (Å²) in [7, 11) is 0. The van der Waals surface area contributed by atoms with E-state index in [0.717, 1.165) is 12.3 Å². The van der Waals surface area contributed by atoms with Crippen LogP contribution in [0, 0.1) is 6.20 Å². The van der Waals surface area contributed by atoms with Crippen molar-refractivity contribution in [1.82, 2.24) is 4.98 Å². The van der Waals surface area contributed by atoms with Gasteiger partial charge in [-0.25, -0.2) is 0 Å². The maximum Gasteiger partial charge on any atom is 0.460 e. The minimum absolute atomic E-state index is 0.395. The summed E-state index contributed by atoms with van der Waals surface area (Å²) in [5, 5.41) is 0. The molecule has 89 valence electrons. The minimum atomic E-state index is -6.35. The van der Waals surface area contributed by atoms with Gasteiger partial charge < -0.3 is 0 Å². The highest BCUT2D eigenvalue weighted by atomic mass is 19.4. The average Bonchev–Trinajstić information content (AvgIpc) is 2.17. The average molecular weight is 246 g/mol. The second-order valence-corrected chi connectivity index (χ2v) is 2.81. The molecule has 8 heteroatoms. The number of rotatable bonds is 2. The Labute approximate surface area is 84.9 Å². The standard InChI is InChI=1S/C8H3F7N/c9-6(10,5-2-1-3-16-4-5)7(11,12)8(13,14)15/h1-3H. The van der Waals surface area contributed by atoms with Crippen molar-refractivity contribution >= 4 is 0 Å². The van der Waals surface area contributed by atoms with Gasteiger partial charge in [-0.15, -0.1) is 0 Å². The third-order valence-electron chi connectivity index (χ3n) is 1.70. The molecule has 0 aliphatic heterocycles. The Morgan fingerprint density at radius 1 is 1.00 bits per heavy atom. The molecule has 0 saturated heterocycles. The van der Waals surface area contributed by atoms with Crippen LogP contribution in [-0.4, -0.2) is 17.1 Å². The topological polar surface area (TPSA) is 12.9 Å². The van der Waals surface area contributed by atoms with Gasteiger partial charge in [-0.1, -0.05) is 0 Å². The normalized spacial score (nSPS) is 13.9. The Balaban J connectivity index is 3.22. The van der Waals surface area contributed by atoms with Crippen molar-refractivity contribution in [2.24, 2.45) is 0 Å². The van der Waals surface area contributed by atoms with Gasteiger partial charge >= 0.3 is 18.0 Å². The fourth-order valence-corrected chi connectivity index (χ4v) is 0.848. The van der Waals surface area contributed by atoms with Crippen LogP contribution in [0.1, 0.15) is 5.56 Å². The van der Waals surface area contributed by atoms with Crippen molar-refractivity contribution in [1.29, 1.82) is 0 Å². The first-order valence-electron chi connectivity index (χ1n) is 3.76. The molecule has 0 N–H and O–H groups in total. The summed E-state index contributed by atoms with van der Waals surface area (Å²) in [5.41, 5.74) is -1.61. The molecule has 1 nitrogen and oxygen atoms in total. The summed E-state index contributed by atoms with van der Waals surface area (Å²) in [6.45, 7) is 0. The van der Waals surface area contributed by atoms with Crippen LogP contribution in [0.25, 0.3) is 0 Å². The van der Waals surface area contributed by atoms with Crippen molar-refractivity contribution in [3.05, 3.63) is 30.1 Å². The lowest BCUT2D eigenvalue weighted by atomic mass is 10.0. The van der Waals surface area contributed by atoms with Gasteiger partial charge in [-0.3, -0.25) is 4.98 Å². The molecule has 0 unspecified atom stereocenters. The SMILES string of the molecule is FC(F)(F)C(F)(F)C(F)(F)c1[c]nccc1. The Hall–Kier alpha value is -1.34. The van der Waals surface area contributed by atoms with Gasteiger partial charge in [0.1, 0.15) is 0 Å². The van der Waals surface area contributed by atoms with E-state index in [0.29, 0.717) is 6.07 Å². The number of pyridine rings is 1. The van der Waals surface area contributed by atoms with Crippen LogP contribution in [0.3, 0.4) is 0 Å². The Morgan fingerprint density at radius 3 is 1.94 bits per heavy atom. The van der Waals surface area contributed by atoms with E-state index in [4.69, 9.17) is 0 Å². The number of alkyl halides is 7. The van der Waals surface area contributed by atoms with E-state index >= 15 is 0 Å². The predicted octanol–water partition coefficient (Wildman–Crippen LogP) is 3.17. The zero-order valence-corrected chi connectivity index (χ0v) is 7.33. The molecule has 0 atom stereocenters. The van der Waals surface area contributed by atoms with Crippen LogP contribution >= 0.6 is 0 Å². The summed E-state index contributed by atoms with van der Waals surface area (Å²) < 4.78 is 86.0. The summed E-state index contributed by atoms with van der Waals surface area (Å²) in [4.78, 5) is 2.94. The molecule has 0 fully saturated rings. The first kappa shape index (κ1) is 12.7. The van der Waals surface area contributed by atoms with Crippen LogP contribution in [0.15, 0.2) is 18.3 Å². The highest BCUT2D eigenvalue weighted by Crippen LogP contribution is 2.51. The zero-order chi connectivity index (χ0) is 12.6. The number of nitrogens with zero attached hydrogens (tertiary/aromatic N) is 1. The quantitative estimate of drug-likeness (QED) is 0.730. The molecule has 1 aromatic heterocycles. The van der Waals surface area contributed by atoms with E-state index in [1.807, 2.05) is 0 Å². The summed E-state index contributed by atoms with van der Waals surface area (Å²) in [5.74, 6) is -11.6. The Kier molecular flexibility index (Phi) is 2.86. The van der Waals surface area contributed by atoms with Crippen LogP contribution in [0.5, 0.6) is 0 Å². The monoisotopic (exact) mass is 246 g/mol. The van der Waals surface area contributed by atoms with Crippen molar-refractivity contribution in [2.75, 3.05) is 0 Å². The number of hydrogen-bond donors (Lipinski definition) is 0. The maximum atomic E-state index is 12.9. The smallest absolute Gasteiger partial charge is 0.254 e. The van der Waals surface area contributed by atoms with E-state index in [2.05, 4.69) is 4.98 Å². The molecular weight excluding hydrogens is 243 g/mol. The molecule has 0 amide bonds. The number of hydrogen-bond acceptors (Lipinski definition) is 1. The van der Waals surface area contributed by atoms with Gasteiger partial charge in [0, 0.05) is 6.20 Å². The summed E-state index contributed by atoms with van der Waals surface area (Å²) in [6.07, 6.45) is -4.02. The lowest BCUT2D eigenvalue weighted by molar-refractivity contribution is -0.359. The third-order valence-corrected chi connectivity index (χ3v) is 1.70. The molecule has 0 aliphatic carbocycles. The first-order chi connectivity index (χ1) is 7.11. The molecule has 0 spiro atoms. The van der Waals surface area contributed by atoms with Gasteiger partial charge in [0.2, 0.25) is 0 Å². The molecule has 0 saturated carbocycles. The van der Waals surface area contributed by atoms with Crippen LogP contribution in [0.4, 0.5) is 30.7 Å². The fourth-order valence-electron chi connectivity index (χ4n) is 0.848. The van der Waals surface area contributed by atoms with Crippen molar-refractivity contribution in [3.63, 3.8) is 0 Å². The van der Waals surface area contributed by atoms with Gasteiger partial charge in [-0.05, 0) is 12.1 Å². The Bertz CT molecular complexity index is 356. The fraction of sp³-hybridized carbons (Fsp3) is 0.375. The molecular formula is C8H3F7N. The molecule has 0 aliphatic rings. The van der Waals surface area contributed by atoms with Crippen LogP contribution < -0.4 is 0 Å². The second kappa shape index (κ2) is 3.60. The van der Waals surface area contributed by atoms with Crippen LogP contribution in [0.2, 0.25) is 0 Å². The van der Waals surface area contributed by atoms with Gasteiger partial charge in [0.05, 0.1) is 11.8 Å². The largest absolute Gasteiger partial charge is 0.460 e. The highest BCUT2D eigenvalue weighted by Gasteiger charge is 2.73. The van der Waals surface area contributed by atoms with E-state index < -0.39 is 23.6 Å². The second-order valence-electron chi connectivity index (χ2n) is 2.81. The lowest BCUT2D eigenvalue weighted by Gasteiger charge is -2.27. The Morgan fingerprint density at radius 2 is 1.56 bits per heavy atom. The summed E-state index contributed by atoms with van der Waals surface area (Å²) in [6, 6.07) is 1.21. The molecule has 16 heavy (non-hydrogen) atoms. The maximum absolute atomic E-state index is 12.9. The van der Waals surface area contributed by atoms with Crippen molar-refractivity contribution in [2.45, 2.75) is 18.0 Å². The number of aromatic nitrogens is 1. The van der Waals surface area contributed by atoms with Gasteiger partial charge in [0.25, 0.3) is 0 Å². The van der Waals surface area contributed by atoms with Crippen molar-refractivity contribution in [3.8, 4) is 0 Å². The van der Waals surface area contributed by atoms with Gasteiger partial charge in [0.15, 0.2) is 0 Å². The van der Waals surface area contributed by atoms with E-state index in [1.165, 1.54) is 6.20 Å². The van der Waals surface area contributed by atoms with Gasteiger partial charge in [-0.2, -0.15) is 30.7 Å². The molecule has 1 radical (unpaired) electrons. The lowest BCUT2D eigenvalue weighted by Crippen LogP contribution is -2.50. The molecule has 1 heterocycles. The van der Waals surface area contributed by atoms with E-state index in [9.17, 15) is 30.7 Å². The van der Waals surface area contributed by atoms with Crippen LogP contribution in [-0.2, 0) is 5.92 Å². The molecule has 1 rings (SSSR count). The third kappa shape index (κ3) is 1.83. The molecule has 0 aromatic carbocycles. The molecule has 0 bridgehead atoms. The number of halogens is 7. The zero-order valence-electron chi connectivity index (χ0n) is 7.33. The summed E-state index contributed by atoms with van der Waals surface area (Å²) >= 11 is 0. The first-order valence-corrected chi connectivity index (χ1v) is 3.76. The molecule has 1 aromatic rings. The van der Waals surface area contributed by atoms with E-state index in [-0.39, 0.29) is 0 Å². The highest BCUT2D eigenvalue weighted by molar-refractivity contribution is 5.18.